The first-order chi connectivity index (χ1) is 10.2. The molecule has 1 fully saturated rings. The summed E-state index contributed by atoms with van der Waals surface area (Å²) in [6.45, 7) is 0.711. The van der Waals surface area contributed by atoms with Crippen molar-refractivity contribution in [2.24, 2.45) is 5.92 Å². The molecule has 2 nitrogen and oxygen atoms in total. The summed E-state index contributed by atoms with van der Waals surface area (Å²) in [5, 5.41) is 0. The topological polar surface area (TPSA) is 17.8 Å². The Labute approximate surface area is 128 Å². The molecule has 0 radical (unpaired) electrons. The molecule has 0 saturated heterocycles. The maximum absolute atomic E-state index is 14.2. The maximum Gasteiger partial charge on any atom is 0.184 e. The molecule has 1 heterocycles. The fourth-order valence-corrected chi connectivity index (χ4v) is 3.47. The van der Waals surface area contributed by atoms with Gasteiger partial charge in [-0.1, -0.05) is 19.3 Å². The molecule has 0 amide bonds. The van der Waals surface area contributed by atoms with Crippen LogP contribution in [0.4, 0.5) is 8.78 Å². The smallest absolute Gasteiger partial charge is 0.184 e. The van der Waals surface area contributed by atoms with Crippen molar-refractivity contribution in [3.8, 4) is 0 Å². The van der Waals surface area contributed by atoms with Crippen LogP contribution in [0, 0.1) is 17.6 Å². The van der Waals surface area contributed by atoms with Gasteiger partial charge in [0.05, 0.1) is 5.52 Å². The summed E-state index contributed by atoms with van der Waals surface area (Å²) in [7, 11) is 0. The van der Waals surface area contributed by atoms with Gasteiger partial charge in [-0.25, -0.2) is 13.8 Å². The zero-order valence-electron chi connectivity index (χ0n) is 11.9. The SMILES string of the molecule is Fc1ccc2nc(CCCl)n(CC3CCCCC3)c2c1F. The quantitative estimate of drug-likeness (QED) is 0.750. The minimum atomic E-state index is -0.815. The molecule has 0 N–H and O–H groups in total. The van der Waals surface area contributed by atoms with E-state index in [-0.39, 0.29) is 0 Å². The highest BCUT2D eigenvalue weighted by Crippen LogP contribution is 2.29. The first kappa shape index (κ1) is 14.8. The molecule has 3 rings (SSSR count). The molecule has 0 aliphatic heterocycles. The first-order valence-corrected chi connectivity index (χ1v) is 8.13. The Morgan fingerprint density at radius 1 is 1.19 bits per heavy atom. The van der Waals surface area contributed by atoms with Gasteiger partial charge >= 0.3 is 0 Å². The number of rotatable bonds is 4. The van der Waals surface area contributed by atoms with Gasteiger partial charge in [0, 0.05) is 18.8 Å². The van der Waals surface area contributed by atoms with Gasteiger partial charge < -0.3 is 4.57 Å². The predicted octanol–water partition coefficient (Wildman–Crippen LogP) is 4.68. The van der Waals surface area contributed by atoms with Crippen LogP contribution in [0.25, 0.3) is 11.0 Å². The standard InChI is InChI=1S/C16H19ClF2N2/c17-9-8-14-20-13-7-6-12(18)15(19)16(13)21(14)10-11-4-2-1-3-5-11/h6-7,11H,1-5,8-10H2. The average molecular weight is 313 g/mol. The van der Waals surface area contributed by atoms with Gasteiger partial charge in [0.1, 0.15) is 11.3 Å². The third-order valence-electron chi connectivity index (χ3n) is 4.36. The molecule has 1 aromatic carbocycles. The van der Waals surface area contributed by atoms with Crippen LogP contribution in [0.1, 0.15) is 37.9 Å². The predicted molar refractivity (Wildman–Crippen MR) is 80.6 cm³/mol. The van der Waals surface area contributed by atoms with Gasteiger partial charge in [0.15, 0.2) is 11.6 Å². The summed E-state index contributed by atoms with van der Waals surface area (Å²) in [6, 6.07) is 2.68. The summed E-state index contributed by atoms with van der Waals surface area (Å²) in [5.74, 6) is 0.0993. The van der Waals surface area contributed by atoms with Crippen molar-refractivity contribution in [1.82, 2.24) is 9.55 Å². The lowest BCUT2D eigenvalue weighted by Crippen LogP contribution is -2.16. The molecule has 1 saturated carbocycles. The number of hydrogen-bond acceptors (Lipinski definition) is 1. The molecule has 1 aliphatic rings. The highest BCUT2D eigenvalue weighted by atomic mass is 35.5. The highest BCUT2D eigenvalue weighted by Gasteiger charge is 2.21. The van der Waals surface area contributed by atoms with E-state index in [9.17, 15) is 8.78 Å². The Bertz CT molecular complexity index is 633. The molecule has 0 atom stereocenters. The van der Waals surface area contributed by atoms with Crippen LogP contribution in [0.3, 0.4) is 0 Å². The minimum absolute atomic E-state index is 0.292. The number of benzene rings is 1. The Balaban J connectivity index is 2.03. The zero-order chi connectivity index (χ0) is 14.8. The number of hydrogen-bond donors (Lipinski definition) is 0. The van der Waals surface area contributed by atoms with E-state index in [1.54, 1.807) is 6.07 Å². The van der Waals surface area contributed by atoms with E-state index in [1.807, 2.05) is 4.57 Å². The van der Waals surface area contributed by atoms with Gasteiger partial charge in [-0.15, -0.1) is 11.6 Å². The zero-order valence-corrected chi connectivity index (χ0v) is 12.7. The first-order valence-electron chi connectivity index (χ1n) is 7.59. The lowest BCUT2D eigenvalue weighted by atomic mass is 9.89. The number of fused-ring (bicyclic) bond motifs is 1. The molecule has 5 heteroatoms. The lowest BCUT2D eigenvalue weighted by molar-refractivity contribution is 0.318. The van der Waals surface area contributed by atoms with E-state index >= 15 is 0 Å². The summed E-state index contributed by atoms with van der Waals surface area (Å²) in [4.78, 5) is 4.44. The molecule has 1 aromatic heterocycles. The van der Waals surface area contributed by atoms with E-state index in [0.717, 1.165) is 24.7 Å². The largest absolute Gasteiger partial charge is 0.325 e. The van der Waals surface area contributed by atoms with E-state index in [4.69, 9.17) is 11.6 Å². The molecule has 114 valence electrons. The van der Waals surface area contributed by atoms with Crippen molar-refractivity contribution < 1.29 is 8.78 Å². The second-order valence-electron chi connectivity index (χ2n) is 5.81. The van der Waals surface area contributed by atoms with Crippen LogP contribution in [0.2, 0.25) is 0 Å². The number of nitrogens with zero attached hydrogens (tertiary/aromatic N) is 2. The van der Waals surface area contributed by atoms with Crippen LogP contribution >= 0.6 is 11.6 Å². The Hall–Kier alpha value is -1.16. The van der Waals surface area contributed by atoms with E-state index in [2.05, 4.69) is 4.98 Å². The second-order valence-corrected chi connectivity index (χ2v) is 6.19. The van der Waals surface area contributed by atoms with Crippen molar-refractivity contribution in [1.29, 1.82) is 0 Å². The molecule has 2 aromatic rings. The van der Waals surface area contributed by atoms with Gasteiger partial charge in [-0.3, -0.25) is 0 Å². The minimum Gasteiger partial charge on any atom is -0.325 e. The number of halogens is 3. The summed E-state index contributed by atoms with van der Waals surface area (Å²) in [6.07, 6.45) is 6.59. The van der Waals surface area contributed by atoms with Crippen molar-refractivity contribution in [3.63, 3.8) is 0 Å². The number of aryl methyl sites for hydroxylation is 1. The molecule has 0 unspecified atom stereocenters. The normalized spacial score (nSPS) is 16.7. The van der Waals surface area contributed by atoms with Crippen LogP contribution < -0.4 is 0 Å². The monoisotopic (exact) mass is 312 g/mol. The molecule has 0 spiro atoms. The van der Waals surface area contributed by atoms with Crippen LogP contribution in [-0.4, -0.2) is 15.4 Å². The lowest BCUT2D eigenvalue weighted by Gasteiger charge is -2.23. The van der Waals surface area contributed by atoms with Gasteiger partial charge in [0.2, 0.25) is 0 Å². The van der Waals surface area contributed by atoms with Crippen LogP contribution in [0.15, 0.2) is 12.1 Å². The number of aromatic nitrogens is 2. The summed E-state index contributed by atoms with van der Waals surface area (Å²) in [5.41, 5.74) is 0.811. The van der Waals surface area contributed by atoms with Gasteiger partial charge in [-0.05, 0) is 30.9 Å². The van der Waals surface area contributed by atoms with Crippen LogP contribution in [0.5, 0.6) is 0 Å². The van der Waals surface area contributed by atoms with Crippen molar-refractivity contribution in [2.45, 2.75) is 45.1 Å². The van der Waals surface area contributed by atoms with Crippen molar-refractivity contribution >= 4 is 22.6 Å². The fourth-order valence-electron chi connectivity index (χ4n) is 3.31. The Morgan fingerprint density at radius 2 is 1.95 bits per heavy atom. The second kappa shape index (κ2) is 6.30. The fraction of sp³-hybridized carbons (Fsp3) is 0.562. The number of imidazole rings is 1. The van der Waals surface area contributed by atoms with Crippen molar-refractivity contribution in [3.05, 3.63) is 29.6 Å². The Kier molecular flexibility index (Phi) is 4.43. The third kappa shape index (κ3) is 2.91. The van der Waals surface area contributed by atoms with E-state index in [1.165, 1.54) is 19.3 Å². The molecule has 21 heavy (non-hydrogen) atoms. The third-order valence-corrected chi connectivity index (χ3v) is 4.55. The van der Waals surface area contributed by atoms with Gasteiger partial charge in [-0.2, -0.15) is 0 Å². The van der Waals surface area contributed by atoms with E-state index in [0.29, 0.717) is 35.8 Å². The summed E-state index contributed by atoms with van der Waals surface area (Å²) >= 11 is 5.83. The molecular weight excluding hydrogens is 294 g/mol. The maximum atomic E-state index is 14.2. The summed E-state index contributed by atoms with van der Waals surface area (Å²) < 4.78 is 29.6. The molecule has 0 bridgehead atoms. The van der Waals surface area contributed by atoms with Crippen LogP contribution in [-0.2, 0) is 13.0 Å². The molecule has 1 aliphatic carbocycles. The molecular formula is C16H19ClF2N2. The number of alkyl halides is 1. The van der Waals surface area contributed by atoms with Crippen molar-refractivity contribution in [2.75, 3.05) is 5.88 Å². The van der Waals surface area contributed by atoms with E-state index < -0.39 is 11.6 Å². The highest BCUT2D eigenvalue weighted by molar-refractivity contribution is 6.17. The average Bonchev–Trinajstić information content (AvgIpc) is 2.83. The van der Waals surface area contributed by atoms with Gasteiger partial charge in [0.25, 0.3) is 0 Å². The Morgan fingerprint density at radius 3 is 2.67 bits per heavy atom.